The van der Waals surface area contributed by atoms with E-state index in [0.717, 1.165) is 5.66 Å². The third kappa shape index (κ3) is 2.42. The van der Waals surface area contributed by atoms with E-state index in [4.69, 9.17) is 0 Å². The Balaban J connectivity index is 2.23. The Hall–Kier alpha value is -0.350. The van der Waals surface area contributed by atoms with Gasteiger partial charge in [0.2, 0.25) is 0 Å². The number of hydrogen-bond acceptors (Lipinski definition) is 0. The molecular weight excluding hydrogens is 199 g/mol. The van der Waals surface area contributed by atoms with Gasteiger partial charge in [-0.2, -0.15) is 0 Å². The molecule has 0 aliphatic carbocycles. The fourth-order valence-corrected chi connectivity index (χ4v) is 6.03. The van der Waals surface area contributed by atoms with Crippen molar-refractivity contribution in [2.24, 2.45) is 5.41 Å². The average Bonchev–Trinajstić information content (AvgIpc) is 2.67. The summed E-state index contributed by atoms with van der Waals surface area (Å²) >= 11 is 0. The lowest BCUT2D eigenvalue weighted by molar-refractivity contribution is 0.384. The molecule has 0 bridgehead atoms. The van der Waals surface area contributed by atoms with E-state index in [2.05, 4.69) is 51.1 Å². The first-order valence-electron chi connectivity index (χ1n) is 5.91. The van der Waals surface area contributed by atoms with Crippen LogP contribution in [0.5, 0.6) is 0 Å². The van der Waals surface area contributed by atoms with Crippen molar-refractivity contribution in [2.45, 2.75) is 39.3 Å². The van der Waals surface area contributed by atoms with Gasteiger partial charge < -0.3 is 0 Å². The van der Waals surface area contributed by atoms with Crippen LogP contribution >= 0.6 is 7.92 Å². The Morgan fingerprint density at radius 2 is 1.80 bits per heavy atom. The van der Waals surface area contributed by atoms with Crippen LogP contribution in [-0.2, 0) is 0 Å². The van der Waals surface area contributed by atoms with Crippen LogP contribution in [-0.4, -0.2) is 11.8 Å². The van der Waals surface area contributed by atoms with Crippen LogP contribution in [0.4, 0.5) is 0 Å². The maximum Gasteiger partial charge on any atom is -0.0120 e. The highest BCUT2D eigenvalue weighted by atomic mass is 31.1. The Labute approximate surface area is 94.8 Å². The van der Waals surface area contributed by atoms with E-state index in [1.807, 2.05) is 0 Å². The zero-order valence-corrected chi connectivity index (χ0v) is 10.9. The van der Waals surface area contributed by atoms with E-state index in [9.17, 15) is 0 Å². The van der Waals surface area contributed by atoms with Crippen molar-refractivity contribution in [1.82, 2.24) is 0 Å². The second kappa shape index (κ2) is 4.26. The molecule has 1 aromatic rings. The molecule has 1 heteroatoms. The van der Waals surface area contributed by atoms with E-state index in [1.165, 1.54) is 19.0 Å². The highest BCUT2D eigenvalue weighted by Gasteiger charge is 2.36. The zero-order valence-electron chi connectivity index (χ0n) is 10.0. The molecule has 1 aliphatic rings. The minimum atomic E-state index is 0.108. The Kier molecular flexibility index (Phi) is 3.16. The van der Waals surface area contributed by atoms with Crippen molar-refractivity contribution in [3.05, 3.63) is 30.3 Å². The second-order valence-electron chi connectivity index (χ2n) is 5.55. The Morgan fingerprint density at radius 1 is 1.13 bits per heavy atom. The highest BCUT2D eigenvalue weighted by Crippen LogP contribution is 2.55. The summed E-state index contributed by atoms with van der Waals surface area (Å²) in [6, 6.07) is 11.2. The maximum absolute atomic E-state index is 2.40. The normalized spacial score (nSPS) is 26.9. The summed E-state index contributed by atoms with van der Waals surface area (Å²) in [6.07, 6.45) is 4.31. The van der Waals surface area contributed by atoms with Crippen molar-refractivity contribution in [3.8, 4) is 0 Å². The summed E-state index contributed by atoms with van der Waals surface area (Å²) in [5, 5.41) is 1.62. The van der Waals surface area contributed by atoms with Gasteiger partial charge in [0.15, 0.2) is 0 Å². The number of rotatable bonds is 1. The second-order valence-corrected chi connectivity index (χ2v) is 8.08. The van der Waals surface area contributed by atoms with Crippen LogP contribution in [0.2, 0.25) is 0 Å². The third-order valence-corrected chi connectivity index (χ3v) is 6.89. The lowest BCUT2D eigenvalue weighted by Crippen LogP contribution is -2.24. The molecule has 1 heterocycles. The molecule has 82 valence electrons. The average molecular weight is 220 g/mol. The molecule has 2 rings (SSSR count). The lowest BCUT2D eigenvalue weighted by atomic mass is 9.89. The van der Waals surface area contributed by atoms with Crippen molar-refractivity contribution in [1.29, 1.82) is 0 Å². The molecule has 0 radical (unpaired) electrons. The topological polar surface area (TPSA) is 0 Å². The van der Waals surface area contributed by atoms with Gasteiger partial charge in [0.05, 0.1) is 0 Å². The van der Waals surface area contributed by atoms with Crippen LogP contribution in [0, 0.1) is 5.41 Å². The van der Waals surface area contributed by atoms with Crippen molar-refractivity contribution >= 4 is 13.2 Å². The molecular formula is C14H21P. The van der Waals surface area contributed by atoms with Gasteiger partial charge in [-0.3, -0.25) is 0 Å². The van der Waals surface area contributed by atoms with Gasteiger partial charge in [-0.25, -0.2) is 0 Å². The first-order valence-corrected chi connectivity index (χ1v) is 7.50. The van der Waals surface area contributed by atoms with Gasteiger partial charge in [0.1, 0.15) is 0 Å². The van der Waals surface area contributed by atoms with Crippen molar-refractivity contribution in [3.63, 3.8) is 0 Å². The van der Waals surface area contributed by atoms with E-state index >= 15 is 0 Å². The van der Waals surface area contributed by atoms with E-state index in [0.29, 0.717) is 5.41 Å². The van der Waals surface area contributed by atoms with Gasteiger partial charge in [0.25, 0.3) is 0 Å². The highest BCUT2D eigenvalue weighted by molar-refractivity contribution is 7.66. The summed E-state index contributed by atoms with van der Waals surface area (Å²) in [5.41, 5.74) is 1.41. The van der Waals surface area contributed by atoms with Gasteiger partial charge in [-0.15, -0.1) is 0 Å². The van der Waals surface area contributed by atoms with Gasteiger partial charge in [-0.1, -0.05) is 59.0 Å². The SMILES string of the molecule is CC(C)(C)[C@H]1CCC[P@]1c1ccccc1. The molecule has 1 saturated heterocycles. The molecule has 1 fully saturated rings. The molecule has 0 unspecified atom stereocenters. The molecule has 2 atom stereocenters. The van der Waals surface area contributed by atoms with Gasteiger partial charge in [0, 0.05) is 0 Å². The van der Waals surface area contributed by atoms with Crippen molar-refractivity contribution < 1.29 is 0 Å². The fraction of sp³-hybridized carbons (Fsp3) is 0.571. The van der Waals surface area contributed by atoms with Crippen LogP contribution in [0.3, 0.4) is 0 Å². The summed E-state index contributed by atoms with van der Waals surface area (Å²) in [6.45, 7) is 7.21. The predicted molar refractivity (Wildman–Crippen MR) is 70.3 cm³/mol. The molecule has 0 saturated carbocycles. The standard InChI is InChI=1S/C14H21P/c1-14(2,3)13-10-7-11-15(13)12-8-5-4-6-9-12/h4-6,8-9,13H,7,10-11H2,1-3H3/t13-,15-/m1/s1. The minimum absolute atomic E-state index is 0.108. The van der Waals surface area contributed by atoms with Crippen LogP contribution in [0.25, 0.3) is 0 Å². The molecule has 0 N–H and O–H groups in total. The molecule has 1 aliphatic heterocycles. The first-order chi connectivity index (χ1) is 7.09. The molecule has 15 heavy (non-hydrogen) atoms. The van der Waals surface area contributed by atoms with Crippen molar-refractivity contribution in [2.75, 3.05) is 6.16 Å². The van der Waals surface area contributed by atoms with E-state index in [1.54, 1.807) is 5.30 Å². The van der Waals surface area contributed by atoms with Gasteiger partial charge >= 0.3 is 0 Å². The zero-order chi connectivity index (χ0) is 10.9. The summed E-state index contributed by atoms with van der Waals surface area (Å²) in [7, 11) is 0.108. The maximum atomic E-state index is 2.40. The molecule has 0 spiro atoms. The quantitative estimate of drug-likeness (QED) is 0.627. The fourth-order valence-electron chi connectivity index (χ4n) is 2.60. The Bertz CT molecular complexity index is 310. The lowest BCUT2D eigenvalue weighted by Gasteiger charge is -2.32. The predicted octanol–water partition coefficient (Wildman–Crippen LogP) is 4.00. The Morgan fingerprint density at radius 3 is 2.40 bits per heavy atom. The number of benzene rings is 1. The molecule has 0 amide bonds. The smallest absolute Gasteiger partial charge is 0.0120 e. The molecule has 0 nitrogen and oxygen atoms in total. The first kappa shape index (κ1) is 11.1. The summed E-state index contributed by atoms with van der Waals surface area (Å²) < 4.78 is 0. The number of hydrogen-bond donors (Lipinski definition) is 0. The van der Waals surface area contributed by atoms with Gasteiger partial charge in [-0.05, 0) is 35.4 Å². The van der Waals surface area contributed by atoms with Crippen LogP contribution in [0.1, 0.15) is 33.6 Å². The van der Waals surface area contributed by atoms with E-state index < -0.39 is 0 Å². The summed E-state index contributed by atoms with van der Waals surface area (Å²) in [5.74, 6) is 0. The van der Waals surface area contributed by atoms with Crippen LogP contribution in [0.15, 0.2) is 30.3 Å². The van der Waals surface area contributed by atoms with Crippen LogP contribution < -0.4 is 5.30 Å². The largest absolute Gasteiger partial charge is 0.0716 e. The molecule has 0 aromatic heterocycles. The van der Waals surface area contributed by atoms with E-state index in [-0.39, 0.29) is 7.92 Å². The monoisotopic (exact) mass is 220 g/mol. The molecule has 1 aromatic carbocycles. The summed E-state index contributed by atoms with van der Waals surface area (Å²) in [4.78, 5) is 0. The third-order valence-electron chi connectivity index (χ3n) is 3.34. The minimum Gasteiger partial charge on any atom is -0.0716 e.